The largest absolute Gasteiger partial charge is 0.490 e. The first-order chi connectivity index (χ1) is 10.2. The number of aryl methyl sites for hydroxylation is 1. The Morgan fingerprint density at radius 2 is 1.76 bits per heavy atom. The molecule has 0 aromatic heterocycles. The zero-order valence-corrected chi connectivity index (χ0v) is 11.9. The lowest BCUT2D eigenvalue weighted by molar-refractivity contribution is -0.129. The Labute approximate surface area is 123 Å². The van der Waals surface area contributed by atoms with E-state index in [9.17, 15) is 4.79 Å². The minimum absolute atomic E-state index is 0.0409. The third kappa shape index (κ3) is 4.07. The molecule has 4 nitrogen and oxygen atoms in total. The van der Waals surface area contributed by atoms with Crippen molar-refractivity contribution in [3.05, 3.63) is 53.6 Å². The minimum Gasteiger partial charge on any atom is -0.490 e. The van der Waals surface area contributed by atoms with Crippen molar-refractivity contribution in [2.45, 2.75) is 13.5 Å². The topological polar surface area (TPSA) is 55.8 Å². The van der Waals surface area contributed by atoms with Gasteiger partial charge in [-0.25, -0.2) is 0 Å². The third-order valence-corrected chi connectivity index (χ3v) is 3.18. The molecule has 0 atom stereocenters. The summed E-state index contributed by atoms with van der Waals surface area (Å²) in [5.41, 5.74) is 4.00. The fourth-order valence-electron chi connectivity index (χ4n) is 1.99. The van der Waals surface area contributed by atoms with E-state index in [-0.39, 0.29) is 13.2 Å². The molecule has 0 saturated carbocycles. The molecule has 1 N–H and O–H groups in total. The first-order valence-electron chi connectivity index (χ1n) is 6.73. The highest BCUT2D eigenvalue weighted by Crippen LogP contribution is 2.27. The highest BCUT2D eigenvalue weighted by molar-refractivity contribution is 5.66. The van der Waals surface area contributed by atoms with E-state index in [1.165, 1.54) is 0 Å². The molecule has 2 rings (SSSR count). The van der Waals surface area contributed by atoms with Crippen molar-refractivity contribution < 1.29 is 19.4 Å². The Kier molecular flexibility index (Phi) is 5.35. The molecule has 0 spiro atoms. The molecule has 21 heavy (non-hydrogen) atoms. The predicted octanol–water partition coefficient (Wildman–Crippen LogP) is 2.71. The summed E-state index contributed by atoms with van der Waals surface area (Å²) in [6, 6.07) is 13.7. The molecule has 0 aliphatic heterocycles. The van der Waals surface area contributed by atoms with E-state index in [4.69, 9.17) is 9.84 Å². The molecule has 0 aliphatic rings. The van der Waals surface area contributed by atoms with Gasteiger partial charge in [0, 0.05) is 0 Å². The Hall–Kier alpha value is -2.33. The van der Waals surface area contributed by atoms with Crippen molar-refractivity contribution in [2.75, 3.05) is 13.2 Å². The molecule has 0 fully saturated rings. The lowest BCUT2D eigenvalue weighted by Gasteiger charge is -2.11. The van der Waals surface area contributed by atoms with E-state index in [2.05, 4.69) is 4.74 Å². The number of carbonyl (C=O) groups is 1. The first-order valence-corrected chi connectivity index (χ1v) is 6.73. The van der Waals surface area contributed by atoms with Gasteiger partial charge in [-0.05, 0) is 35.2 Å². The first kappa shape index (κ1) is 15.1. The molecule has 0 bridgehead atoms. The van der Waals surface area contributed by atoms with Crippen LogP contribution < -0.4 is 4.74 Å². The molecular formula is C17H18O4. The van der Waals surface area contributed by atoms with Crippen molar-refractivity contribution in [3.63, 3.8) is 0 Å². The van der Waals surface area contributed by atoms with Crippen LogP contribution >= 0.6 is 0 Å². The van der Waals surface area contributed by atoms with Crippen LogP contribution in [-0.4, -0.2) is 24.8 Å². The Morgan fingerprint density at radius 1 is 1.05 bits per heavy atom. The molecule has 2 aromatic carbocycles. The maximum absolute atomic E-state index is 10.1. The quantitative estimate of drug-likeness (QED) is 0.628. The number of aliphatic hydroxyl groups excluding tert-OH is 1. The van der Waals surface area contributed by atoms with E-state index in [1.54, 1.807) is 0 Å². The molecule has 0 heterocycles. The van der Waals surface area contributed by atoms with Crippen LogP contribution in [0.1, 0.15) is 11.1 Å². The summed E-state index contributed by atoms with van der Waals surface area (Å²) in [6.45, 7) is 2.98. The van der Waals surface area contributed by atoms with Crippen LogP contribution in [-0.2, 0) is 16.1 Å². The summed E-state index contributed by atoms with van der Waals surface area (Å²) < 4.78 is 10.2. The zero-order valence-electron chi connectivity index (χ0n) is 11.9. The van der Waals surface area contributed by atoms with Gasteiger partial charge >= 0.3 is 0 Å². The monoisotopic (exact) mass is 286 g/mol. The fourth-order valence-corrected chi connectivity index (χ4v) is 1.99. The molecule has 0 amide bonds. The normalized spacial score (nSPS) is 10.2. The average molecular weight is 286 g/mol. The van der Waals surface area contributed by atoms with Crippen LogP contribution in [0.15, 0.2) is 42.5 Å². The summed E-state index contributed by atoms with van der Waals surface area (Å²) in [4.78, 5) is 10.1. The van der Waals surface area contributed by atoms with Crippen LogP contribution in [0.25, 0.3) is 11.1 Å². The minimum atomic E-state index is 0.0409. The highest BCUT2D eigenvalue weighted by atomic mass is 16.5. The second-order valence-electron chi connectivity index (χ2n) is 4.65. The van der Waals surface area contributed by atoms with Crippen LogP contribution in [0.3, 0.4) is 0 Å². The standard InChI is InChI=1S/C17H18O4/c1-13-2-5-16(10-17(13)21-9-8-20-12-19)15-6-3-14(11-18)4-7-15/h2-7,10,12,18H,8-9,11H2,1H3. The summed E-state index contributed by atoms with van der Waals surface area (Å²) in [6.07, 6.45) is 0. The number of hydrogen-bond donors (Lipinski definition) is 1. The van der Waals surface area contributed by atoms with Gasteiger partial charge in [0.15, 0.2) is 0 Å². The molecule has 0 radical (unpaired) electrons. The van der Waals surface area contributed by atoms with Crippen LogP contribution in [0, 0.1) is 6.92 Å². The van der Waals surface area contributed by atoms with Gasteiger partial charge in [-0.3, -0.25) is 4.79 Å². The maximum atomic E-state index is 10.1. The van der Waals surface area contributed by atoms with E-state index < -0.39 is 0 Å². The van der Waals surface area contributed by atoms with Gasteiger partial charge in [-0.2, -0.15) is 0 Å². The van der Waals surface area contributed by atoms with Crippen molar-refractivity contribution in [2.24, 2.45) is 0 Å². The molecule has 0 aliphatic carbocycles. The number of aliphatic hydroxyl groups is 1. The Morgan fingerprint density at radius 3 is 2.43 bits per heavy atom. The highest BCUT2D eigenvalue weighted by Gasteiger charge is 2.04. The fraction of sp³-hybridized carbons (Fsp3) is 0.235. The second-order valence-corrected chi connectivity index (χ2v) is 4.65. The van der Waals surface area contributed by atoms with Crippen molar-refractivity contribution in [1.29, 1.82) is 0 Å². The lowest BCUT2D eigenvalue weighted by Crippen LogP contribution is -2.06. The van der Waals surface area contributed by atoms with Crippen molar-refractivity contribution in [1.82, 2.24) is 0 Å². The molecule has 0 unspecified atom stereocenters. The predicted molar refractivity (Wildman–Crippen MR) is 80.0 cm³/mol. The number of rotatable bonds is 7. The maximum Gasteiger partial charge on any atom is 0.293 e. The molecule has 2 aromatic rings. The Balaban J connectivity index is 2.14. The van der Waals surface area contributed by atoms with Gasteiger partial charge in [0.1, 0.15) is 19.0 Å². The van der Waals surface area contributed by atoms with Crippen LogP contribution in [0.4, 0.5) is 0 Å². The van der Waals surface area contributed by atoms with Gasteiger partial charge in [0.25, 0.3) is 6.47 Å². The van der Waals surface area contributed by atoms with Crippen molar-refractivity contribution in [3.8, 4) is 16.9 Å². The summed E-state index contributed by atoms with van der Waals surface area (Å²) >= 11 is 0. The average Bonchev–Trinajstić information content (AvgIpc) is 2.53. The van der Waals surface area contributed by atoms with Crippen molar-refractivity contribution >= 4 is 6.47 Å². The smallest absolute Gasteiger partial charge is 0.293 e. The van der Waals surface area contributed by atoms with Gasteiger partial charge in [-0.15, -0.1) is 0 Å². The van der Waals surface area contributed by atoms with E-state index in [0.717, 1.165) is 28.0 Å². The SMILES string of the molecule is Cc1ccc(-c2ccc(CO)cc2)cc1OCCOC=O. The summed E-state index contributed by atoms with van der Waals surface area (Å²) in [5.74, 6) is 0.772. The second kappa shape index (κ2) is 7.45. The van der Waals surface area contributed by atoms with E-state index >= 15 is 0 Å². The molecule has 4 heteroatoms. The molecular weight excluding hydrogens is 268 g/mol. The van der Waals surface area contributed by atoms with Gasteiger partial charge < -0.3 is 14.6 Å². The van der Waals surface area contributed by atoms with E-state index in [1.807, 2.05) is 49.4 Å². The van der Waals surface area contributed by atoms with Gasteiger partial charge in [0.2, 0.25) is 0 Å². The van der Waals surface area contributed by atoms with Gasteiger partial charge in [0.05, 0.1) is 6.61 Å². The Bertz CT molecular complexity index is 590. The van der Waals surface area contributed by atoms with Crippen LogP contribution in [0.5, 0.6) is 5.75 Å². The van der Waals surface area contributed by atoms with Crippen LogP contribution in [0.2, 0.25) is 0 Å². The summed E-state index contributed by atoms with van der Waals surface area (Å²) in [5, 5.41) is 9.06. The van der Waals surface area contributed by atoms with E-state index in [0.29, 0.717) is 13.1 Å². The summed E-state index contributed by atoms with van der Waals surface area (Å²) in [7, 11) is 0. The number of ether oxygens (including phenoxy) is 2. The third-order valence-electron chi connectivity index (χ3n) is 3.18. The number of benzene rings is 2. The molecule has 0 saturated heterocycles. The van der Waals surface area contributed by atoms with Gasteiger partial charge in [-0.1, -0.05) is 36.4 Å². The number of hydrogen-bond acceptors (Lipinski definition) is 4. The molecule has 110 valence electrons. The number of carbonyl (C=O) groups excluding carboxylic acids is 1. The lowest BCUT2D eigenvalue weighted by atomic mass is 10.0. The zero-order chi connectivity index (χ0) is 15.1.